The van der Waals surface area contributed by atoms with Crippen molar-refractivity contribution in [2.45, 2.75) is 31.0 Å². The molecule has 6 nitrogen and oxygen atoms in total. The molecule has 1 aliphatic rings. The molecule has 0 aliphatic carbocycles. The zero-order valence-corrected chi connectivity index (χ0v) is 17.5. The Morgan fingerprint density at radius 1 is 1.20 bits per heavy atom. The topological polar surface area (TPSA) is 69.0 Å². The highest BCUT2D eigenvalue weighted by Crippen LogP contribution is 2.28. The first kappa shape index (κ1) is 20.6. The van der Waals surface area contributed by atoms with E-state index in [1.807, 2.05) is 35.8 Å². The van der Waals surface area contributed by atoms with Crippen molar-refractivity contribution in [3.63, 3.8) is 0 Å². The summed E-state index contributed by atoms with van der Waals surface area (Å²) < 4.78 is 20.8. The summed E-state index contributed by atoms with van der Waals surface area (Å²) in [6, 6.07) is 14.1. The van der Waals surface area contributed by atoms with Crippen LogP contribution < -0.4 is 5.32 Å². The molecule has 1 atom stereocenters. The van der Waals surface area contributed by atoms with Crippen LogP contribution >= 0.6 is 11.8 Å². The van der Waals surface area contributed by atoms with Crippen LogP contribution in [0.1, 0.15) is 18.4 Å². The van der Waals surface area contributed by atoms with E-state index < -0.39 is 0 Å². The van der Waals surface area contributed by atoms with E-state index in [1.54, 1.807) is 12.1 Å². The van der Waals surface area contributed by atoms with Gasteiger partial charge in [-0.25, -0.2) is 4.39 Å². The highest BCUT2D eigenvalue weighted by molar-refractivity contribution is 7.99. The Bertz CT molecular complexity index is 999. The van der Waals surface area contributed by atoms with Crippen LogP contribution in [0.4, 0.5) is 4.39 Å². The van der Waals surface area contributed by atoms with Gasteiger partial charge in [-0.15, -0.1) is 10.2 Å². The second-order valence-corrected chi connectivity index (χ2v) is 8.15. The Kier molecular flexibility index (Phi) is 6.44. The zero-order valence-electron chi connectivity index (χ0n) is 16.7. The molecule has 2 aromatic carbocycles. The Labute approximate surface area is 178 Å². The number of rotatable bonds is 7. The number of benzene rings is 2. The number of hydrogen-bond acceptors (Lipinski definition) is 5. The van der Waals surface area contributed by atoms with Gasteiger partial charge in [-0.3, -0.25) is 9.36 Å². The van der Waals surface area contributed by atoms with E-state index in [1.165, 1.54) is 23.9 Å². The third kappa shape index (κ3) is 4.88. The van der Waals surface area contributed by atoms with Crippen molar-refractivity contribution in [1.29, 1.82) is 0 Å². The van der Waals surface area contributed by atoms with Gasteiger partial charge in [0.2, 0.25) is 5.91 Å². The summed E-state index contributed by atoms with van der Waals surface area (Å²) in [5.74, 6) is 0.441. The molecule has 1 N–H and O–H groups in total. The molecule has 2 heterocycles. The molecular weight excluding hydrogens is 403 g/mol. The maximum Gasteiger partial charge on any atom is 0.230 e. The minimum Gasteiger partial charge on any atom is -0.376 e. The fourth-order valence-corrected chi connectivity index (χ4v) is 4.07. The van der Waals surface area contributed by atoms with Gasteiger partial charge in [0.15, 0.2) is 11.0 Å². The minimum absolute atomic E-state index is 0.0720. The number of nitrogens with one attached hydrogen (secondary N) is 1. The molecule has 1 fully saturated rings. The maximum atomic E-state index is 13.4. The molecule has 1 saturated heterocycles. The summed E-state index contributed by atoms with van der Waals surface area (Å²) in [4.78, 5) is 12.3. The Hall–Kier alpha value is -2.71. The van der Waals surface area contributed by atoms with Crippen LogP contribution in [0.3, 0.4) is 0 Å². The smallest absolute Gasteiger partial charge is 0.230 e. The summed E-state index contributed by atoms with van der Waals surface area (Å²) >= 11 is 1.32. The lowest BCUT2D eigenvalue weighted by atomic mass is 10.2. The largest absolute Gasteiger partial charge is 0.376 e. The summed E-state index contributed by atoms with van der Waals surface area (Å²) in [5, 5.41) is 12.1. The average Bonchev–Trinajstić information content (AvgIpc) is 3.42. The lowest BCUT2D eigenvalue weighted by Crippen LogP contribution is -2.32. The van der Waals surface area contributed by atoms with Gasteiger partial charge in [-0.2, -0.15) is 0 Å². The number of ether oxygens (including phenoxy) is 1. The SMILES string of the molecule is Cc1ccc(-n2c(SCC(=O)NCC3CCCO3)nnc2-c2ccc(F)cc2)cc1. The third-order valence-electron chi connectivity index (χ3n) is 4.91. The van der Waals surface area contributed by atoms with E-state index in [9.17, 15) is 9.18 Å². The predicted octanol–water partition coefficient (Wildman–Crippen LogP) is 3.77. The molecule has 1 aliphatic heterocycles. The number of aryl methyl sites for hydroxylation is 1. The molecule has 156 valence electrons. The van der Waals surface area contributed by atoms with Crippen molar-refractivity contribution in [2.75, 3.05) is 18.9 Å². The van der Waals surface area contributed by atoms with Crippen LogP contribution in [0, 0.1) is 12.7 Å². The van der Waals surface area contributed by atoms with Crippen LogP contribution in [0.25, 0.3) is 17.1 Å². The van der Waals surface area contributed by atoms with Crippen molar-refractivity contribution in [1.82, 2.24) is 20.1 Å². The lowest BCUT2D eigenvalue weighted by Gasteiger charge is -2.12. The lowest BCUT2D eigenvalue weighted by molar-refractivity contribution is -0.119. The van der Waals surface area contributed by atoms with Crippen molar-refractivity contribution < 1.29 is 13.9 Å². The Morgan fingerprint density at radius 2 is 1.97 bits per heavy atom. The molecule has 1 aromatic heterocycles. The number of aromatic nitrogens is 3. The van der Waals surface area contributed by atoms with Gasteiger partial charge in [0.25, 0.3) is 0 Å². The standard InChI is InChI=1S/C22H23FN4O2S/c1-15-4-10-18(11-5-15)27-21(16-6-8-17(23)9-7-16)25-26-22(27)30-14-20(28)24-13-19-3-2-12-29-19/h4-11,19H,2-3,12-14H2,1H3,(H,24,28). The number of amides is 1. The van der Waals surface area contributed by atoms with Gasteiger partial charge in [0.05, 0.1) is 11.9 Å². The van der Waals surface area contributed by atoms with E-state index in [0.717, 1.165) is 36.3 Å². The average molecular weight is 427 g/mol. The predicted molar refractivity (Wildman–Crippen MR) is 114 cm³/mol. The first-order valence-corrected chi connectivity index (χ1v) is 10.9. The van der Waals surface area contributed by atoms with E-state index >= 15 is 0 Å². The number of carbonyl (C=O) groups excluding carboxylic acids is 1. The monoisotopic (exact) mass is 426 g/mol. The highest BCUT2D eigenvalue weighted by atomic mass is 32.2. The van der Waals surface area contributed by atoms with Crippen molar-refractivity contribution in [2.24, 2.45) is 0 Å². The molecule has 8 heteroatoms. The summed E-state index contributed by atoms with van der Waals surface area (Å²) in [6.07, 6.45) is 2.14. The molecule has 3 aromatic rings. The first-order valence-electron chi connectivity index (χ1n) is 9.89. The van der Waals surface area contributed by atoms with Crippen LogP contribution in [-0.4, -0.2) is 45.7 Å². The molecule has 0 bridgehead atoms. The number of nitrogens with zero attached hydrogens (tertiary/aromatic N) is 3. The van der Waals surface area contributed by atoms with E-state index in [4.69, 9.17) is 4.74 Å². The molecular formula is C22H23FN4O2S. The molecule has 0 spiro atoms. The molecule has 1 amide bonds. The fraction of sp³-hybridized carbons (Fsp3) is 0.318. The van der Waals surface area contributed by atoms with Gasteiger partial charge < -0.3 is 10.1 Å². The van der Waals surface area contributed by atoms with Crippen molar-refractivity contribution in [3.8, 4) is 17.1 Å². The van der Waals surface area contributed by atoms with Crippen LogP contribution in [-0.2, 0) is 9.53 Å². The maximum absolute atomic E-state index is 13.4. The van der Waals surface area contributed by atoms with Gasteiger partial charge in [0.1, 0.15) is 5.82 Å². The number of carbonyl (C=O) groups is 1. The van der Waals surface area contributed by atoms with Gasteiger partial charge in [-0.1, -0.05) is 29.5 Å². The first-order chi connectivity index (χ1) is 14.6. The van der Waals surface area contributed by atoms with E-state index in [2.05, 4.69) is 15.5 Å². The number of hydrogen-bond donors (Lipinski definition) is 1. The van der Waals surface area contributed by atoms with Crippen molar-refractivity contribution >= 4 is 17.7 Å². The van der Waals surface area contributed by atoms with Crippen LogP contribution in [0.15, 0.2) is 53.7 Å². The molecule has 0 radical (unpaired) electrons. The minimum atomic E-state index is -0.308. The molecule has 30 heavy (non-hydrogen) atoms. The second-order valence-electron chi connectivity index (χ2n) is 7.21. The highest BCUT2D eigenvalue weighted by Gasteiger charge is 2.19. The summed E-state index contributed by atoms with van der Waals surface area (Å²) in [6.45, 7) is 3.32. The fourth-order valence-electron chi connectivity index (χ4n) is 3.29. The molecule has 1 unspecified atom stereocenters. The Balaban J connectivity index is 1.54. The second kappa shape index (κ2) is 9.40. The van der Waals surface area contributed by atoms with Crippen molar-refractivity contribution in [3.05, 3.63) is 59.9 Å². The zero-order chi connectivity index (χ0) is 20.9. The normalized spacial score (nSPS) is 16.0. The summed E-state index contributed by atoms with van der Waals surface area (Å²) in [5.41, 5.74) is 2.77. The quantitative estimate of drug-likeness (QED) is 0.583. The van der Waals surface area contributed by atoms with Crippen LogP contribution in [0.5, 0.6) is 0 Å². The van der Waals surface area contributed by atoms with E-state index in [0.29, 0.717) is 17.5 Å². The third-order valence-corrected chi connectivity index (χ3v) is 5.84. The molecule has 4 rings (SSSR count). The summed E-state index contributed by atoms with van der Waals surface area (Å²) in [7, 11) is 0. The number of thioether (sulfide) groups is 1. The van der Waals surface area contributed by atoms with Gasteiger partial charge in [0, 0.05) is 24.4 Å². The Morgan fingerprint density at radius 3 is 2.67 bits per heavy atom. The van der Waals surface area contributed by atoms with Gasteiger partial charge in [-0.05, 0) is 56.2 Å². The van der Waals surface area contributed by atoms with Gasteiger partial charge >= 0.3 is 0 Å². The molecule has 0 saturated carbocycles. The number of halogens is 1. The van der Waals surface area contributed by atoms with Crippen LogP contribution in [0.2, 0.25) is 0 Å². The van der Waals surface area contributed by atoms with E-state index in [-0.39, 0.29) is 23.6 Å².